The van der Waals surface area contributed by atoms with Crippen LogP contribution in [0.25, 0.3) is 0 Å². The molecule has 16 atom stereocenters. The van der Waals surface area contributed by atoms with Gasteiger partial charge in [0.15, 0.2) is 11.6 Å². The molecule has 1 unspecified atom stereocenters. The molecule has 2 amide bonds. The lowest BCUT2D eigenvalue weighted by molar-refractivity contribution is -0.265. The van der Waals surface area contributed by atoms with E-state index in [-0.39, 0.29) is 50.0 Å². The number of piperazine rings is 2. The maximum absolute atomic E-state index is 14.8. The summed E-state index contributed by atoms with van der Waals surface area (Å²) in [6.45, 7) is 22.0. The van der Waals surface area contributed by atoms with Crippen molar-refractivity contribution < 1.29 is 77.2 Å². The van der Waals surface area contributed by atoms with Gasteiger partial charge in [0.1, 0.15) is 30.5 Å². The van der Waals surface area contributed by atoms with Crippen LogP contribution >= 0.6 is 0 Å². The first kappa shape index (κ1) is 80.2. The summed E-state index contributed by atoms with van der Waals surface area (Å²) in [7, 11) is 4.63. The molecule has 2 bridgehead atoms. The molecule has 5 aliphatic heterocycles. The van der Waals surface area contributed by atoms with E-state index in [4.69, 9.17) is 38.9 Å². The number of hydrogen-bond donors (Lipinski definition) is 5. The summed E-state index contributed by atoms with van der Waals surface area (Å²) in [6.07, 6.45) is 14.6. The van der Waals surface area contributed by atoms with Crippen molar-refractivity contribution in [2.24, 2.45) is 35.3 Å². The lowest BCUT2D eigenvalue weighted by Gasteiger charge is -2.43. The monoisotopic (exact) mass is 1410 g/mol. The molecular formula is C74H113N11O16. The second kappa shape index (κ2) is 38.9. The highest BCUT2D eigenvalue weighted by atomic mass is 16.6. The Morgan fingerprint density at radius 1 is 0.713 bits per heavy atom. The molecule has 101 heavy (non-hydrogen) atoms. The van der Waals surface area contributed by atoms with E-state index in [1.165, 1.54) is 18.9 Å². The number of hydrogen-bond acceptors (Lipinski definition) is 25. The fourth-order valence-corrected chi connectivity index (χ4v) is 14.7. The topological polar surface area (TPSA) is 334 Å². The molecule has 0 spiro atoms. The minimum absolute atomic E-state index is 0.0448. The summed E-state index contributed by atoms with van der Waals surface area (Å²) in [6, 6.07) is -2.02. The molecule has 27 heteroatoms. The van der Waals surface area contributed by atoms with E-state index in [0.29, 0.717) is 99.6 Å². The Labute approximate surface area is 595 Å². The first-order valence-corrected chi connectivity index (χ1v) is 36.4. The number of alkyl carbamates (subject to hydrolysis) is 1. The van der Waals surface area contributed by atoms with Gasteiger partial charge in [0.05, 0.1) is 43.2 Å². The number of aromatic nitrogens is 4. The van der Waals surface area contributed by atoms with Crippen LogP contribution in [0.15, 0.2) is 72.4 Å². The van der Waals surface area contributed by atoms with Gasteiger partial charge in [-0.25, -0.2) is 29.5 Å². The van der Waals surface area contributed by atoms with Crippen molar-refractivity contribution in [2.75, 3.05) is 116 Å². The van der Waals surface area contributed by atoms with Crippen LogP contribution < -0.4 is 20.9 Å². The smallest absolute Gasteiger partial charge is 0.407 e. The fraction of sp³-hybridized carbons (Fsp3) is 0.703. The molecule has 27 nitrogen and oxygen atoms in total. The highest BCUT2D eigenvalue weighted by Gasteiger charge is 2.53. The van der Waals surface area contributed by atoms with Gasteiger partial charge in [-0.2, -0.15) is 0 Å². The molecule has 1 saturated carbocycles. The van der Waals surface area contributed by atoms with Crippen LogP contribution in [0.3, 0.4) is 0 Å². The van der Waals surface area contributed by atoms with Crippen molar-refractivity contribution in [3.8, 4) is 0 Å². The number of Topliss-reactive ketones (excluding diaryl/α,β-unsaturated/α-hetero) is 3. The molecule has 7 heterocycles. The number of piperidine rings is 1. The van der Waals surface area contributed by atoms with Crippen molar-refractivity contribution in [2.45, 2.75) is 199 Å². The van der Waals surface area contributed by atoms with Crippen LogP contribution in [-0.4, -0.2) is 259 Å². The quantitative estimate of drug-likeness (QED) is 0.0413. The average molecular weight is 1410 g/mol. The molecule has 1 aliphatic carbocycles. The third-order valence-corrected chi connectivity index (χ3v) is 21.3. The van der Waals surface area contributed by atoms with E-state index in [1.54, 1.807) is 65.9 Å². The number of nitrogens with two attached hydrogens (primary N) is 1. The van der Waals surface area contributed by atoms with Gasteiger partial charge in [-0.15, -0.1) is 0 Å². The summed E-state index contributed by atoms with van der Waals surface area (Å²) in [5.41, 5.74) is 9.58. The zero-order chi connectivity index (χ0) is 72.9. The zero-order valence-electron chi connectivity index (χ0n) is 61.1. The zero-order valence-corrected chi connectivity index (χ0v) is 61.1. The van der Waals surface area contributed by atoms with Gasteiger partial charge in [0.25, 0.3) is 11.7 Å². The highest BCUT2D eigenvalue weighted by Crippen LogP contribution is 2.38. The molecule has 2 aromatic rings. The van der Waals surface area contributed by atoms with Crippen molar-refractivity contribution in [1.29, 1.82) is 0 Å². The minimum atomic E-state index is -2.48. The number of nitrogens with one attached hydrogen (secondary N) is 1. The van der Waals surface area contributed by atoms with Crippen LogP contribution in [0.4, 0.5) is 16.7 Å². The van der Waals surface area contributed by atoms with Gasteiger partial charge in [-0.05, 0) is 108 Å². The van der Waals surface area contributed by atoms with Gasteiger partial charge in [-0.3, -0.25) is 29.0 Å². The molecule has 8 rings (SSSR count). The number of cyclic esters (lactones) is 1. The molecule has 2 aromatic heterocycles. The number of anilines is 2. The summed E-state index contributed by atoms with van der Waals surface area (Å²) in [5, 5.41) is 37.7. The van der Waals surface area contributed by atoms with Gasteiger partial charge in [0, 0.05) is 167 Å². The molecule has 560 valence electrons. The van der Waals surface area contributed by atoms with E-state index in [2.05, 4.69) is 44.9 Å². The Balaban J connectivity index is 0.848. The SMILES string of the molecule is CO[C@H]1C[C@@H]2CC[C@@H](C)[C@@](O)(O2)C(=O)C(=O)N2CCCC[C@H]2C(=O)O[C@H]([C@H](N)C[C@@H]2CC[C@@H](OC(=O)NCc3cnc(N4CCN(CCOCCN5CCN(c6ncc(C(C)=O)cn6)CC5)CC4)nc3)[C@H](OC)C2)C[C@@H](OC)[C@H](C)/C=C(\C)[C@@H](O)[C@@H](O)C(=O)C(C)C[C@H](C)/C=C/C=C/C=C/1C. The van der Waals surface area contributed by atoms with Crippen LogP contribution in [0.5, 0.6) is 0 Å². The van der Waals surface area contributed by atoms with Crippen molar-refractivity contribution in [3.63, 3.8) is 0 Å². The Bertz CT molecular complexity index is 3140. The molecular weight excluding hydrogens is 1300 g/mol. The van der Waals surface area contributed by atoms with Gasteiger partial charge in [-0.1, -0.05) is 64.2 Å². The van der Waals surface area contributed by atoms with Crippen LogP contribution in [-0.2, 0) is 58.9 Å². The first-order chi connectivity index (χ1) is 48.4. The second-order valence-electron chi connectivity index (χ2n) is 28.7. The molecule has 5 fully saturated rings. The van der Waals surface area contributed by atoms with Gasteiger partial charge >= 0.3 is 12.1 Å². The number of carbonyl (C=O) groups excluding carboxylic acids is 6. The highest BCUT2D eigenvalue weighted by molar-refractivity contribution is 6.39. The first-order valence-electron chi connectivity index (χ1n) is 36.4. The Morgan fingerprint density at radius 3 is 1.96 bits per heavy atom. The number of ketones is 3. The van der Waals surface area contributed by atoms with Crippen LogP contribution in [0.2, 0.25) is 0 Å². The molecule has 4 saturated heterocycles. The standard InChI is InChI=1S/C74H113N11O16/c1-47-16-12-11-13-17-48(2)61(95-8)40-57-21-19-52(6)74(94,101-57)68(90)69(91)85-23-15-14-18-59(85)70(92)99-63(41-62(96-9)49(3)37-51(5)66(88)67(89)65(87)50(4)36-47)58(75)38-54-20-22-60(64(39-54)97-10)100-73(93)80-44-55-42-76-71(77-43-55)83-28-24-81(25-29-83)32-34-98-35-33-82-26-30-84(31-27-82)72-78-45-56(46-79-72)53(7)86/h11-13,16-17,37,42-43,45-47,49-50,52,54,57-64,66-67,88-89,94H,14-15,18-36,38-41,44,75H2,1-10H3,(H,80,93)/b13-11+,16-12+,48-17+,51-37+/t47-,49-,50?,52-,54+,57+,58-,59+,60-,61+,62-,63+,64-,66-,67+,74-/m1/s1. The predicted molar refractivity (Wildman–Crippen MR) is 378 cm³/mol. The molecule has 0 aromatic carbocycles. The number of esters is 1. The number of rotatable bonds is 18. The number of aliphatic hydroxyl groups is 3. The molecule has 6 aliphatic rings. The lowest BCUT2D eigenvalue weighted by Crippen LogP contribution is -2.61. The summed E-state index contributed by atoms with van der Waals surface area (Å²) >= 11 is 0. The minimum Gasteiger partial charge on any atom is -0.459 e. The third-order valence-electron chi connectivity index (χ3n) is 21.3. The average Bonchev–Trinajstić information content (AvgIpc) is 0.774. The van der Waals surface area contributed by atoms with Crippen molar-refractivity contribution in [3.05, 3.63) is 83.5 Å². The molecule has 0 radical (unpaired) electrons. The number of methoxy groups -OCH3 is 3. The fourth-order valence-electron chi connectivity index (χ4n) is 14.7. The Kier molecular flexibility index (Phi) is 30.8. The number of fused-ring (bicyclic) bond motifs is 3. The van der Waals surface area contributed by atoms with E-state index in [9.17, 15) is 44.1 Å². The molecule has 6 N–H and O–H groups in total. The number of nitrogens with zero attached hydrogens (tertiary/aromatic N) is 9. The van der Waals surface area contributed by atoms with E-state index >= 15 is 0 Å². The predicted octanol–water partition coefficient (Wildman–Crippen LogP) is 5.34. The van der Waals surface area contributed by atoms with Crippen molar-refractivity contribution >= 4 is 47.2 Å². The third kappa shape index (κ3) is 22.5. The van der Waals surface area contributed by atoms with Crippen LogP contribution in [0, 0.1) is 29.6 Å². The van der Waals surface area contributed by atoms with E-state index in [0.717, 1.165) is 71.0 Å². The maximum atomic E-state index is 14.8. The number of allylic oxidation sites excluding steroid dienone is 5. The summed E-state index contributed by atoms with van der Waals surface area (Å²) in [5.74, 6) is -6.71. The van der Waals surface area contributed by atoms with E-state index in [1.807, 2.05) is 51.2 Å². The number of aliphatic hydroxyl groups excluding tert-OH is 2. The maximum Gasteiger partial charge on any atom is 0.407 e. The largest absolute Gasteiger partial charge is 0.459 e. The van der Waals surface area contributed by atoms with Gasteiger partial charge in [0.2, 0.25) is 17.7 Å². The summed E-state index contributed by atoms with van der Waals surface area (Å²) < 4.78 is 42.6. The van der Waals surface area contributed by atoms with Gasteiger partial charge < -0.3 is 74.2 Å². The number of amides is 2. The lowest BCUT2D eigenvalue weighted by atomic mass is 9.80. The number of carbonyl (C=O) groups is 6. The van der Waals surface area contributed by atoms with E-state index < -0.39 is 114 Å². The number of ether oxygens (including phenoxy) is 7. The second-order valence-corrected chi connectivity index (χ2v) is 28.7. The normalized spacial score (nSPS) is 33.0. The van der Waals surface area contributed by atoms with Crippen molar-refractivity contribution in [1.82, 2.24) is 40.0 Å². The summed E-state index contributed by atoms with van der Waals surface area (Å²) in [4.78, 5) is 111. The van der Waals surface area contributed by atoms with Crippen LogP contribution in [0.1, 0.15) is 141 Å². The Morgan fingerprint density at radius 2 is 1.35 bits per heavy atom. The Hall–Kier alpha value is -6.50.